The molecule has 11 heavy (non-hydrogen) atoms. The molecule has 0 aliphatic heterocycles. The van der Waals surface area contributed by atoms with Crippen LogP contribution in [0, 0.1) is 0 Å². The molecule has 0 spiro atoms. The minimum atomic E-state index is -1.49. The van der Waals surface area contributed by atoms with Gasteiger partial charge in [-0.1, -0.05) is 12.7 Å². The molecule has 0 fully saturated rings. The lowest BCUT2D eigenvalue weighted by Gasteiger charge is -2.14. The molecule has 0 aliphatic carbocycles. The van der Waals surface area contributed by atoms with Crippen molar-refractivity contribution < 1.29 is 13.5 Å². The van der Waals surface area contributed by atoms with Gasteiger partial charge in [0.05, 0.1) is 13.3 Å². The van der Waals surface area contributed by atoms with Crippen molar-refractivity contribution >= 4 is 0 Å². The smallest absolute Gasteiger partial charge is 0.149 e. The van der Waals surface area contributed by atoms with E-state index in [0.29, 0.717) is 6.42 Å². The highest BCUT2D eigenvalue weighted by molar-refractivity contribution is 4.91. The van der Waals surface area contributed by atoms with E-state index in [1.807, 2.05) is 0 Å². The molecule has 3 heteroatoms. The summed E-state index contributed by atoms with van der Waals surface area (Å²) in [6, 6.07) is 0. The van der Waals surface area contributed by atoms with E-state index in [-0.39, 0.29) is 13.2 Å². The zero-order valence-electron chi connectivity index (χ0n) is 6.78. The average Bonchev–Trinajstić information content (AvgIpc) is 1.99. The summed E-state index contributed by atoms with van der Waals surface area (Å²) in [6.07, 6.45) is 1.51. The summed E-state index contributed by atoms with van der Waals surface area (Å²) in [6.45, 7) is 4.48. The van der Waals surface area contributed by atoms with Gasteiger partial charge >= 0.3 is 0 Å². The maximum absolute atomic E-state index is 12.9. The molecular weight excluding hydrogens is 150 g/mol. The molecule has 0 amide bonds. The van der Waals surface area contributed by atoms with Crippen molar-refractivity contribution in [2.24, 2.45) is 0 Å². The zero-order chi connectivity index (χ0) is 8.74. The Kier molecular flexibility index (Phi) is 5.03. The van der Waals surface area contributed by atoms with E-state index in [9.17, 15) is 8.78 Å². The fourth-order valence-electron chi connectivity index (χ4n) is 0.487. The van der Waals surface area contributed by atoms with Crippen molar-refractivity contribution in [1.82, 2.24) is 0 Å². The monoisotopic (exact) mass is 164 g/mol. The maximum Gasteiger partial charge on any atom is 0.149 e. The van der Waals surface area contributed by atoms with Gasteiger partial charge in [-0.15, -0.1) is 0 Å². The van der Waals surface area contributed by atoms with Gasteiger partial charge in [-0.2, -0.15) is 0 Å². The summed E-state index contributed by atoms with van der Waals surface area (Å²) in [5.74, 6) is 0. The highest BCUT2D eigenvalue weighted by atomic mass is 19.1. The average molecular weight is 164 g/mol. The Labute approximate surface area is 66.0 Å². The zero-order valence-corrected chi connectivity index (χ0v) is 6.78. The van der Waals surface area contributed by atoms with Gasteiger partial charge in [0.25, 0.3) is 0 Å². The van der Waals surface area contributed by atoms with E-state index in [1.165, 1.54) is 13.0 Å². The quantitative estimate of drug-likeness (QED) is 0.432. The summed E-state index contributed by atoms with van der Waals surface area (Å²) >= 11 is 0. The molecule has 0 aromatic carbocycles. The van der Waals surface area contributed by atoms with Crippen LogP contribution in [0.25, 0.3) is 0 Å². The fourth-order valence-corrected chi connectivity index (χ4v) is 0.487. The molecule has 0 bridgehead atoms. The van der Waals surface area contributed by atoms with Crippen molar-refractivity contribution in [3.63, 3.8) is 0 Å². The third-order valence-corrected chi connectivity index (χ3v) is 1.23. The van der Waals surface area contributed by atoms with E-state index in [1.54, 1.807) is 0 Å². The molecule has 0 rings (SSSR count). The first kappa shape index (κ1) is 10.6. The van der Waals surface area contributed by atoms with Crippen LogP contribution in [-0.4, -0.2) is 25.6 Å². The molecule has 66 valence electrons. The summed E-state index contributed by atoms with van der Waals surface area (Å²) in [7, 11) is 0. The van der Waals surface area contributed by atoms with E-state index < -0.39 is 12.3 Å². The Hall–Kier alpha value is -0.440. The second-order valence-electron chi connectivity index (χ2n) is 2.58. The van der Waals surface area contributed by atoms with Crippen LogP contribution >= 0.6 is 0 Å². The number of ether oxygens (including phenoxy) is 1. The van der Waals surface area contributed by atoms with Crippen molar-refractivity contribution in [3.8, 4) is 0 Å². The van der Waals surface area contributed by atoms with Gasteiger partial charge in [-0.25, -0.2) is 4.39 Å². The minimum absolute atomic E-state index is 0.0451. The minimum Gasteiger partial charge on any atom is -0.378 e. The van der Waals surface area contributed by atoms with E-state index >= 15 is 0 Å². The van der Waals surface area contributed by atoms with Gasteiger partial charge in [0.15, 0.2) is 0 Å². The Morgan fingerprint density at radius 3 is 2.73 bits per heavy atom. The van der Waals surface area contributed by atoms with Gasteiger partial charge in [-0.05, 0) is 13.3 Å². The van der Waals surface area contributed by atoms with Crippen molar-refractivity contribution in [2.45, 2.75) is 19.0 Å². The summed E-state index contributed by atoms with van der Waals surface area (Å²) in [5, 5.41) is 0. The van der Waals surface area contributed by atoms with E-state index in [4.69, 9.17) is 4.74 Å². The Morgan fingerprint density at radius 2 is 2.27 bits per heavy atom. The molecule has 0 saturated heterocycles. The number of hydrogen-bond acceptors (Lipinski definition) is 1. The standard InChI is InChI=1S/C8H14F2O/c1-3-8(2,10)7-11-6-4-5-9/h3H,1,4-7H2,2H3. The maximum atomic E-state index is 12.9. The molecule has 0 aromatic rings. The van der Waals surface area contributed by atoms with Crippen LogP contribution in [0.15, 0.2) is 12.7 Å². The number of rotatable bonds is 6. The molecule has 0 heterocycles. The van der Waals surface area contributed by atoms with Crippen LogP contribution in [0.4, 0.5) is 8.78 Å². The predicted octanol–water partition coefficient (Wildman–Crippen LogP) is 2.28. The van der Waals surface area contributed by atoms with Crippen LogP contribution in [0.2, 0.25) is 0 Å². The largest absolute Gasteiger partial charge is 0.378 e. The van der Waals surface area contributed by atoms with Crippen molar-refractivity contribution in [3.05, 3.63) is 12.7 Å². The number of halogens is 2. The Balaban J connectivity index is 3.30. The molecule has 0 saturated carbocycles. The second-order valence-corrected chi connectivity index (χ2v) is 2.58. The SMILES string of the molecule is C=CC(C)(F)COCCCF. The molecule has 0 aromatic heterocycles. The Bertz CT molecular complexity index is 113. The summed E-state index contributed by atoms with van der Waals surface area (Å²) < 4.78 is 29.3. The number of hydrogen-bond donors (Lipinski definition) is 0. The lowest BCUT2D eigenvalue weighted by atomic mass is 10.1. The third-order valence-electron chi connectivity index (χ3n) is 1.23. The van der Waals surface area contributed by atoms with Crippen molar-refractivity contribution in [1.29, 1.82) is 0 Å². The predicted molar refractivity (Wildman–Crippen MR) is 41.1 cm³/mol. The first-order valence-corrected chi connectivity index (χ1v) is 3.58. The molecule has 1 unspecified atom stereocenters. The number of alkyl halides is 2. The lowest BCUT2D eigenvalue weighted by molar-refractivity contribution is 0.0492. The fraction of sp³-hybridized carbons (Fsp3) is 0.750. The van der Waals surface area contributed by atoms with E-state index in [2.05, 4.69) is 6.58 Å². The van der Waals surface area contributed by atoms with Gasteiger partial charge in [0.2, 0.25) is 0 Å². The van der Waals surface area contributed by atoms with Gasteiger partial charge in [0, 0.05) is 6.61 Å². The topological polar surface area (TPSA) is 9.23 Å². The summed E-state index contributed by atoms with van der Waals surface area (Å²) in [5.41, 5.74) is -1.49. The highest BCUT2D eigenvalue weighted by Gasteiger charge is 2.17. The molecular formula is C8H14F2O. The first-order valence-electron chi connectivity index (χ1n) is 3.58. The van der Waals surface area contributed by atoms with Crippen LogP contribution in [0.3, 0.4) is 0 Å². The van der Waals surface area contributed by atoms with Crippen molar-refractivity contribution in [2.75, 3.05) is 19.9 Å². The first-order chi connectivity index (χ1) is 5.12. The molecule has 1 atom stereocenters. The van der Waals surface area contributed by atoms with Gasteiger partial charge in [0.1, 0.15) is 5.67 Å². The Morgan fingerprint density at radius 1 is 1.64 bits per heavy atom. The van der Waals surface area contributed by atoms with E-state index in [0.717, 1.165) is 0 Å². The van der Waals surface area contributed by atoms with Crippen LogP contribution in [-0.2, 0) is 4.74 Å². The lowest BCUT2D eigenvalue weighted by Crippen LogP contribution is -2.22. The van der Waals surface area contributed by atoms with Gasteiger partial charge in [-0.3, -0.25) is 4.39 Å². The summed E-state index contributed by atoms with van der Waals surface area (Å²) in [4.78, 5) is 0. The molecule has 0 radical (unpaired) electrons. The van der Waals surface area contributed by atoms with Crippen LogP contribution in [0.5, 0.6) is 0 Å². The second kappa shape index (κ2) is 5.24. The van der Waals surface area contributed by atoms with Crippen LogP contribution < -0.4 is 0 Å². The molecule has 0 aliphatic rings. The molecule has 1 nitrogen and oxygen atoms in total. The van der Waals surface area contributed by atoms with Gasteiger partial charge < -0.3 is 4.74 Å². The highest BCUT2D eigenvalue weighted by Crippen LogP contribution is 2.10. The normalized spacial score (nSPS) is 15.9. The van der Waals surface area contributed by atoms with Crippen LogP contribution in [0.1, 0.15) is 13.3 Å². The molecule has 0 N–H and O–H groups in total. The third kappa shape index (κ3) is 5.98.